The zero-order chi connectivity index (χ0) is 23.0. The van der Waals surface area contributed by atoms with Crippen molar-refractivity contribution in [2.24, 2.45) is 11.8 Å². The van der Waals surface area contributed by atoms with Crippen molar-refractivity contribution in [1.29, 1.82) is 0 Å². The Morgan fingerprint density at radius 2 is 0.633 bits per heavy atom. The summed E-state index contributed by atoms with van der Waals surface area (Å²) in [6.07, 6.45) is 23.4. The van der Waals surface area contributed by atoms with Crippen LogP contribution in [-0.4, -0.2) is 22.4 Å². The van der Waals surface area contributed by atoms with E-state index < -0.39 is 0 Å². The van der Waals surface area contributed by atoms with Gasteiger partial charge in [0.15, 0.2) is 0 Å². The van der Waals surface area contributed by atoms with E-state index >= 15 is 0 Å². The molecule has 0 aromatic carbocycles. The standard InChI is InChI=1S/2C14H30O/c2*1-4-5-6-7-8-9-10-11-12-14(15)13(2)3/h2*13-15H,4-12H2,1-3H3/t2*14-/m10/s1. The Morgan fingerprint density at radius 3 is 0.867 bits per heavy atom. The molecule has 0 rings (SSSR count). The Bertz CT molecular complexity index is 271. The third-order valence-corrected chi connectivity index (χ3v) is 6.25. The van der Waals surface area contributed by atoms with Gasteiger partial charge in [-0.25, -0.2) is 0 Å². The maximum Gasteiger partial charge on any atom is 0.0563 e. The molecule has 2 heteroatoms. The SMILES string of the molecule is CCCCCCCCCC[C@@H](O)C(C)C.CCCCCCCCCC[C@H](O)C(C)C. The molecule has 2 nitrogen and oxygen atoms in total. The Balaban J connectivity index is 0. The number of aliphatic hydroxyl groups is 2. The molecule has 0 saturated heterocycles. The molecule has 0 heterocycles. The normalized spacial score (nSPS) is 13.4. The minimum atomic E-state index is -0.0786. The predicted octanol–water partition coefficient (Wildman–Crippen LogP) is 9.07. The van der Waals surface area contributed by atoms with Crippen molar-refractivity contribution >= 4 is 0 Å². The number of unbranched alkanes of at least 4 members (excludes halogenated alkanes) is 14. The highest BCUT2D eigenvalue weighted by Gasteiger charge is 2.08. The summed E-state index contributed by atoms with van der Waals surface area (Å²) >= 11 is 0. The maximum absolute atomic E-state index is 9.60. The van der Waals surface area contributed by atoms with Gasteiger partial charge >= 0.3 is 0 Å². The topological polar surface area (TPSA) is 40.5 Å². The Labute approximate surface area is 191 Å². The van der Waals surface area contributed by atoms with Crippen LogP contribution < -0.4 is 0 Å². The van der Waals surface area contributed by atoms with Crippen molar-refractivity contribution in [3.05, 3.63) is 0 Å². The van der Waals surface area contributed by atoms with Crippen molar-refractivity contribution in [2.45, 2.75) is 169 Å². The van der Waals surface area contributed by atoms with Crippen LogP contribution in [0.5, 0.6) is 0 Å². The highest BCUT2D eigenvalue weighted by molar-refractivity contribution is 4.60. The molecule has 0 aliphatic rings. The van der Waals surface area contributed by atoms with Crippen LogP contribution in [0.15, 0.2) is 0 Å². The van der Waals surface area contributed by atoms with Gasteiger partial charge in [0, 0.05) is 0 Å². The fraction of sp³-hybridized carbons (Fsp3) is 1.00. The van der Waals surface area contributed by atoms with E-state index in [1.807, 2.05) is 0 Å². The van der Waals surface area contributed by atoms with Gasteiger partial charge in [-0.05, 0) is 24.7 Å². The molecule has 0 amide bonds. The molecular formula is C28H60O2. The summed E-state index contributed by atoms with van der Waals surface area (Å²) < 4.78 is 0. The van der Waals surface area contributed by atoms with Crippen molar-refractivity contribution in [3.8, 4) is 0 Å². The zero-order valence-corrected chi connectivity index (χ0v) is 21.9. The fourth-order valence-electron chi connectivity index (χ4n) is 3.64. The lowest BCUT2D eigenvalue weighted by Gasteiger charge is -2.13. The second-order valence-corrected chi connectivity index (χ2v) is 10.1. The highest BCUT2D eigenvalue weighted by atomic mass is 16.3. The number of hydrogen-bond donors (Lipinski definition) is 2. The van der Waals surface area contributed by atoms with E-state index in [-0.39, 0.29) is 12.2 Å². The molecule has 0 bridgehead atoms. The largest absolute Gasteiger partial charge is 0.393 e. The Kier molecular flexibility index (Phi) is 26.9. The Morgan fingerprint density at radius 1 is 0.400 bits per heavy atom. The first-order valence-corrected chi connectivity index (χ1v) is 13.7. The van der Waals surface area contributed by atoms with Crippen LogP contribution in [0.4, 0.5) is 0 Å². The molecule has 0 fully saturated rings. The van der Waals surface area contributed by atoms with Gasteiger partial charge in [0.05, 0.1) is 12.2 Å². The zero-order valence-electron chi connectivity index (χ0n) is 21.9. The lowest BCUT2D eigenvalue weighted by Crippen LogP contribution is -2.13. The maximum atomic E-state index is 9.60. The molecule has 0 spiro atoms. The highest BCUT2D eigenvalue weighted by Crippen LogP contribution is 2.14. The predicted molar refractivity (Wildman–Crippen MR) is 136 cm³/mol. The van der Waals surface area contributed by atoms with Crippen molar-refractivity contribution in [3.63, 3.8) is 0 Å². The first-order chi connectivity index (χ1) is 14.4. The van der Waals surface area contributed by atoms with Gasteiger partial charge in [0.25, 0.3) is 0 Å². The van der Waals surface area contributed by atoms with Gasteiger partial charge < -0.3 is 10.2 Å². The molecule has 30 heavy (non-hydrogen) atoms. The van der Waals surface area contributed by atoms with Crippen molar-refractivity contribution < 1.29 is 10.2 Å². The van der Waals surface area contributed by atoms with E-state index in [4.69, 9.17) is 0 Å². The van der Waals surface area contributed by atoms with E-state index in [2.05, 4.69) is 41.5 Å². The summed E-state index contributed by atoms with van der Waals surface area (Å²) in [5.41, 5.74) is 0. The molecule has 0 aliphatic heterocycles. The fourth-order valence-corrected chi connectivity index (χ4v) is 3.64. The minimum Gasteiger partial charge on any atom is -0.393 e. The van der Waals surface area contributed by atoms with Gasteiger partial charge in [0.1, 0.15) is 0 Å². The van der Waals surface area contributed by atoms with Crippen molar-refractivity contribution in [2.75, 3.05) is 0 Å². The van der Waals surface area contributed by atoms with Crippen LogP contribution in [0.2, 0.25) is 0 Å². The van der Waals surface area contributed by atoms with Gasteiger partial charge in [-0.3, -0.25) is 0 Å². The van der Waals surface area contributed by atoms with E-state index in [9.17, 15) is 10.2 Å². The number of hydrogen-bond acceptors (Lipinski definition) is 2. The molecule has 0 radical (unpaired) electrons. The molecule has 0 aromatic rings. The lowest BCUT2D eigenvalue weighted by molar-refractivity contribution is 0.113. The van der Waals surface area contributed by atoms with Gasteiger partial charge in [0.2, 0.25) is 0 Å². The minimum absolute atomic E-state index is 0.0786. The van der Waals surface area contributed by atoms with Crippen LogP contribution in [0.25, 0.3) is 0 Å². The molecule has 2 N–H and O–H groups in total. The molecule has 0 aliphatic carbocycles. The van der Waals surface area contributed by atoms with E-state index in [1.54, 1.807) is 0 Å². The number of aliphatic hydroxyl groups excluding tert-OH is 2. The molecule has 2 atom stereocenters. The average molecular weight is 429 g/mol. The van der Waals surface area contributed by atoms with Crippen LogP contribution in [0, 0.1) is 11.8 Å². The van der Waals surface area contributed by atoms with E-state index in [0.717, 1.165) is 12.8 Å². The van der Waals surface area contributed by atoms with E-state index in [0.29, 0.717) is 11.8 Å². The molecule has 0 aromatic heterocycles. The van der Waals surface area contributed by atoms with Crippen molar-refractivity contribution in [1.82, 2.24) is 0 Å². The molecule has 184 valence electrons. The summed E-state index contributed by atoms with van der Waals surface area (Å²) in [5, 5.41) is 19.2. The lowest BCUT2D eigenvalue weighted by atomic mass is 10.00. The van der Waals surface area contributed by atoms with Crippen LogP contribution in [0.3, 0.4) is 0 Å². The second kappa shape index (κ2) is 25.2. The smallest absolute Gasteiger partial charge is 0.0563 e. The summed E-state index contributed by atoms with van der Waals surface area (Å²) in [5.74, 6) is 0.851. The summed E-state index contributed by atoms with van der Waals surface area (Å²) in [6.45, 7) is 12.9. The molecule has 0 unspecified atom stereocenters. The van der Waals surface area contributed by atoms with Crippen LogP contribution in [-0.2, 0) is 0 Å². The first-order valence-electron chi connectivity index (χ1n) is 13.7. The molecule has 0 saturated carbocycles. The first kappa shape index (κ1) is 32.1. The summed E-state index contributed by atoms with van der Waals surface area (Å²) in [6, 6.07) is 0. The molecular weight excluding hydrogens is 368 g/mol. The Hall–Kier alpha value is -0.0800. The third kappa shape index (κ3) is 26.0. The third-order valence-electron chi connectivity index (χ3n) is 6.25. The second-order valence-electron chi connectivity index (χ2n) is 10.1. The van der Waals surface area contributed by atoms with Crippen LogP contribution >= 0.6 is 0 Å². The quantitative estimate of drug-likeness (QED) is 0.190. The summed E-state index contributed by atoms with van der Waals surface area (Å²) in [7, 11) is 0. The number of rotatable bonds is 20. The van der Waals surface area contributed by atoms with Gasteiger partial charge in [-0.2, -0.15) is 0 Å². The van der Waals surface area contributed by atoms with Crippen LogP contribution in [0.1, 0.15) is 157 Å². The monoisotopic (exact) mass is 428 g/mol. The summed E-state index contributed by atoms with van der Waals surface area (Å²) in [4.78, 5) is 0. The van der Waals surface area contributed by atoms with E-state index in [1.165, 1.54) is 103 Å². The van der Waals surface area contributed by atoms with Gasteiger partial charge in [-0.15, -0.1) is 0 Å². The van der Waals surface area contributed by atoms with Gasteiger partial charge in [-0.1, -0.05) is 144 Å². The average Bonchev–Trinajstić information content (AvgIpc) is 2.71.